The zero-order valence-corrected chi connectivity index (χ0v) is 13.2. The minimum absolute atomic E-state index is 0.141. The zero-order chi connectivity index (χ0) is 16.5. The lowest BCUT2D eigenvalue weighted by atomic mass is 9.90. The lowest BCUT2D eigenvalue weighted by Crippen LogP contribution is -2.44. The lowest BCUT2D eigenvalue weighted by molar-refractivity contribution is -0.0445. The number of halogens is 4. The average Bonchev–Trinajstić information content (AvgIpc) is 2.39. The first-order chi connectivity index (χ1) is 10.2. The summed E-state index contributed by atoms with van der Waals surface area (Å²) in [6.45, 7) is 1.28. The molecule has 0 aromatic carbocycles. The van der Waals surface area contributed by atoms with Gasteiger partial charge in [-0.1, -0.05) is 0 Å². The maximum absolute atomic E-state index is 12.5. The van der Waals surface area contributed by atoms with E-state index >= 15 is 0 Å². The third-order valence-electron chi connectivity index (χ3n) is 3.68. The van der Waals surface area contributed by atoms with Gasteiger partial charge in [-0.3, -0.25) is 4.72 Å². The lowest BCUT2D eigenvalue weighted by Gasteiger charge is -2.36. The molecule has 1 aliphatic carbocycles. The van der Waals surface area contributed by atoms with Gasteiger partial charge in [0.2, 0.25) is 0 Å². The SMILES string of the molecule is NC1CC2=C(C=C1NS(=O)(=O)C(F)(F)F)N(CCCl)CCC2. The highest BCUT2D eigenvalue weighted by molar-refractivity contribution is 7.90. The van der Waals surface area contributed by atoms with E-state index in [4.69, 9.17) is 17.3 Å². The standard InChI is InChI=1S/C12H17ClF3N3O2S/c13-3-5-19-4-1-2-8-6-9(17)10(7-11(8)19)18-22(20,21)12(14,15)16/h7,9,18H,1-6,17H2. The number of sulfonamides is 1. The number of hydrogen-bond donors (Lipinski definition) is 2. The van der Waals surface area contributed by atoms with Gasteiger partial charge in [0.05, 0.1) is 0 Å². The fourth-order valence-electron chi connectivity index (χ4n) is 2.64. The fraction of sp³-hybridized carbons (Fsp3) is 0.667. The van der Waals surface area contributed by atoms with Crippen LogP contribution >= 0.6 is 11.6 Å². The Morgan fingerprint density at radius 1 is 1.45 bits per heavy atom. The van der Waals surface area contributed by atoms with Crippen LogP contribution in [0.3, 0.4) is 0 Å². The summed E-state index contributed by atoms with van der Waals surface area (Å²) in [5.41, 5.74) is 2.06. The van der Waals surface area contributed by atoms with Crippen molar-refractivity contribution in [3.8, 4) is 0 Å². The van der Waals surface area contributed by atoms with Crippen LogP contribution in [-0.4, -0.2) is 43.8 Å². The van der Waals surface area contributed by atoms with Gasteiger partial charge in [-0.15, -0.1) is 11.6 Å². The van der Waals surface area contributed by atoms with Crippen molar-refractivity contribution < 1.29 is 21.6 Å². The molecule has 0 amide bonds. The van der Waals surface area contributed by atoms with E-state index in [-0.39, 0.29) is 5.70 Å². The number of rotatable bonds is 4. The Morgan fingerprint density at radius 2 is 2.14 bits per heavy atom. The Morgan fingerprint density at radius 3 is 2.73 bits per heavy atom. The van der Waals surface area contributed by atoms with Crippen molar-refractivity contribution in [2.75, 3.05) is 19.0 Å². The molecular formula is C12H17ClF3N3O2S. The third kappa shape index (κ3) is 3.52. The highest BCUT2D eigenvalue weighted by Gasteiger charge is 2.47. The molecule has 2 rings (SSSR count). The number of alkyl halides is 4. The summed E-state index contributed by atoms with van der Waals surface area (Å²) in [6, 6.07) is -0.799. The molecule has 10 heteroatoms. The molecule has 1 atom stereocenters. The molecule has 0 radical (unpaired) electrons. The predicted molar refractivity (Wildman–Crippen MR) is 77.3 cm³/mol. The molecule has 1 unspecified atom stereocenters. The minimum atomic E-state index is -5.46. The van der Waals surface area contributed by atoms with Crippen LogP contribution in [0.1, 0.15) is 19.3 Å². The normalized spacial score (nSPS) is 23.2. The molecule has 22 heavy (non-hydrogen) atoms. The summed E-state index contributed by atoms with van der Waals surface area (Å²) in [5.74, 6) is 0.375. The van der Waals surface area contributed by atoms with Crippen LogP contribution in [0, 0.1) is 0 Å². The predicted octanol–water partition coefficient (Wildman–Crippen LogP) is 1.63. The van der Waals surface area contributed by atoms with Crippen molar-refractivity contribution in [1.82, 2.24) is 9.62 Å². The molecule has 126 valence electrons. The Balaban J connectivity index is 2.30. The van der Waals surface area contributed by atoms with Crippen LogP contribution in [0.25, 0.3) is 0 Å². The van der Waals surface area contributed by atoms with Crippen LogP contribution in [0.4, 0.5) is 13.2 Å². The van der Waals surface area contributed by atoms with E-state index in [0.29, 0.717) is 18.8 Å². The van der Waals surface area contributed by atoms with Crippen LogP contribution in [0.2, 0.25) is 0 Å². The van der Waals surface area contributed by atoms with E-state index < -0.39 is 21.6 Å². The third-order valence-corrected chi connectivity index (χ3v) is 4.96. The number of hydrogen-bond acceptors (Lipinski definition) is 4. The summed E-state index contributed by atoms with van der Waals surface area (Å²) >= 11 is 5.73. The van der Waals surface area contributed by atoms with Crippen LogP contribution in [0.5, 0.6) is 0 Å². The van der Waals surface area contributed by atoms with Crippen molar-refractivity contribution in [2.24, 2.45) is 5.73 Å². The first kappa shape index (κ1) is 17.4. The molecule has 2 aliphatic rings. The van der Waals surface area contributed by atoms with Crippen molar-refractivity contribution >= 4 is 21.6 Å². The van der Waals surface area contributed by atoms with Gasteiger partial charge in [0.1, 0.15) is 0 Å². The molecule has 1 aliphatic heterocycles. The van der Waals surface area contributed by atoms with E-state index in [9.17, 15) is 21.6 Å². The van der Waals surface area contributed by atoms with Gasteiger partial charge in [0.15, 0.2) is 0 Å². The van der Waals surface area contributed by atoms with Gasteiger partial charge >= 0.3 is 15.5 Å². The Bertz CT molecular complexity index is 601. The van der Waals surface area contributed by atoms with Crippen molar-refractivity contribution in [3.05, 3.63) is 23.0 Å². The molecule has 0 saturated carbocycles. The molecular weight excluding hydrogens is 343 g/mol. The quantitative estimate of drug-likeness (QED) is 0.748. The zero-order valence-electron chi connectivity index (χ0n) is 11.7. The summed E-state index contributed by atoms with van der Waals surface area (Å²) in [7, 11) is -5.46. The molecule has 0 fully saturated rings. The highest BCUT2D eigenvalue weighted by Crippen LogP contribution is 2.33. The Labute approximate surface area is 132 Å². The second kappa shape index (κ2) is 6.29. The molecule has 0 saturated heterocycles. The van der Waals surface area contributed by atoms with Gasteiger partial charge in [0, 0.05) is 36.4 Å². The van der Waals surface area contributed by atoms with Crippen LogP contribution in [-0.2, 0) is 10.0 Å². The minimum Gasteiger partial charge on any atom is -0.370 e. The first-order valence-electron chi connectivity index (χ1n) is 6.75. The van der Waals surface area contributed by atoms with Crippen LogP contribution in [0.15, 0.2) is 23.0 Å². The molecule has 0 aromatic heterocycles. The van der Waals surface area contributed by atoms with Gasteiger partial charge in [-0.2, -0.15) is 21.6 Å². The second-order valence-corrected chi connectivity index (χ2v) is 7.28. The van der Waals surface area contributed by atoms with Gasteiger partial charge in [0.25, 0.3) is 0 Å². The van der Waals surface area contributed by atoms with Crippen molar-refractivity contribution in [2.45, 2.75) is 30.8 Å². The number of nitrogens with two attached hydrogens (primary N) is 1. The van der Waals surface area contributed by atoms with Crippen LogP contribution < -0.4 is 10.5 Å². The van der Waals surface area contributed by atoms with E-state index in [1.54, 1.807) is 4.72 Å². The summed E-state index contributed by atoms with van der Waals surface area (Å²) < 4.78 is 61.5. The van der Waals surface area contributed by atoms with E-state index in [1.165, 1.54) is 6.08 Å². The summed E-state index contributed by atoms with van der Waals surface area (Å²) in [6.07, 6.45) is 3.45. The first-order valence-corrected chi connectivity index (χ1v) is 8.76. The maximum atomic E-state index is 12.5. The van der Waals surface area contributed by atoms with E-state index in [1.807, 2.05) is 4.90 Å². The molecule has 0 spiro atoms. The molecule has 0 aromatic rings. The highest BCUT2D eigenvalue weighted by atomic mass is 35.5. The van der Waals surface area contributed by atoms with Crippen molar-refractivity contribution in [1.29, 1.82) is 0 Å². The number of allylic oxidation sites excluding steroid dienone is 1. The number of nitrogens with zero attached hydrogens (tertiary/aromatic N) is 1. The Hall–Kier alpha value is -0.930. The number of nitrogens with one attached hydrogen (secondary N) is 1. The average molecular weight is 360 g/mol. The molecule has 5 nitrogen and oxygen atoms in total. The van der Waals surface area contributed by atoms with Gasteiger partial charge in [-0.25, -0.2) is 0 Å². The monoisotopic (exact) mass is 359 g/mol. The Kier molecular flexibility index (Phi) is 4.98. The largest absolute Gasteiger partial charge is 0.516 e. The maximum Gasteiger partial charge on any atom is 0.516 e. The second-order valence-electron chi connectivity index (χ2n) is 5.23. The van der Waals surface area contributed by atoms with E-state index in [2.05, 4.69) is 0 Å². The molecule has 3 N–H and O–H groups in total. The summed E-state index contributed by atoms with van der Waals surface area (Å²) in [4.78, 5) is 1.94. The molecule has 0 bridgehead atoms. The smallest absolute Gasteiger partial charge is 0.370 e. The fourth-order valence-corrected chi connectivity index (χ4v) is 3.48. The topological polar surface area (TPSA) is 75.4 Å². The van der Waals surface area contributed by atoms with Crippen molar-refractivity contribution in [3.63, 3.8) is 0 Å². The summed E-state index contributed by atoms with van der Waals surface area (Å²) in [5, 5.41) is 0. The van der Waals surface area contributed by atoms with Gasteiger partial charge < -0.3 is 10.6 Å². The molecule has 1 heterocycles. The van der Waals surface area contributed by atoms with E-state index in [0.717, 1.165) is 30.7 Å². The van der Waals surface area contributed by atoms with Gasteiger partial charge in [-0.05, 0) is 30.9 Å².